The lowest BCUT2D eigenvalue weighted by atomic mass is 9.85. The van der Waals surface area contributed by atoms with E-state index in [-0.39, 0.29) is 6.54 Å². The summed E-state index contributed by atoms with van der Waals surface area (Å²) in [5.74, 6) is -1.00. The summed E-state index contributed by atoms with van der Waals surface area (Å²) in [5, 5.41) is 63.7. The lowest BCUT2D eigenvalue weighted by Gasteiger charge is -2.39. The van der Waals surface area contributed by atoms with E-state index in [1.807, 2.05) is 0 Å². The van der Waals surface area contributed by atoms with E-state index in [0.29, 0.717) is 4.48 Å². The second kappa shape index (κ2) is 7.27. The molecule has 0 amide bonds. The molecule has 0 aromatic heterocycles. The molecule has 1 aliphatic carbocycles. The van der Waals surface area contributed by atoms with E-state index in [0.717, 1.165) is 0 Å². The Labute approximate surface area is 116 Å². The molecule has 0 heterocycles. The van der Waals surface area contributed by atoms with E-state index < -0.39 is 42.6 Å². The molecule has 0 aliphatic heterocycles. The van der Waals surface area contributed by atoms with Crippen molar-refractivity contribution in [3.8, 4) is 0 Å². The van der Waals surface area contributed by atoms with Crippen LogP contribution in [0, 0.1) is 0 Å². The molecule has 20 heavy (non-hydrogen) atoms. The van der Waals surface area contributed by atoms with Crippen molar-refractivity contribution in [1.82, 2.24) is 0 Å². The van der Waals surface area contributed by atoms with E-state index in [1.54, 1.807) is 21.1 Å². The molecule has 1 fully saturated rings. The molecule has 0 radical (unpaired) electrons. The Morgan fingerprint density at radius 3 is 1.05 bits per heavy atom. The summed E-state index contributed by atoms with van der Waals surface area (Å²) in [6, 6.07) is 0. The minimum absolute atomic E-state index is 0.0694. The summed E-state index contributed by atoms with van der Waals surface area (Å²) < 4.78 is 0.419. The number of aliphatic hydroxyl groups excluding tert-OH is 6. The summed E-state index contributed by atoms with van der Waals surface area (Å²) in [5.41, 5.74) is 0. The highest BCUT2D eigenvalue weighted by Crippen LogP contribution is 2.20. The fraction of sp³-hybridized carbons (Fsp3) is 0.909. The van der Waals surface area contributed by atoms with Gasteiger partial charge in [0, 0.05) is 0 Å². The number of hydrogen-bond donors (Lipinski definition) is 6. The van der Waals surface area contributed by atoms with E-state index in [2.05, 4.69) is 0 Å². The third kappa shape index (κ3) is 5.67. The molecule has 0 saturated heterocycles. The van der Waals surface area contributed by atoms with Crippen molar-refractivity contribution in [2.45, 2.75) is 36.6 Å². The number of carboxylic acid groups (broad SMARTS) is 1. The van der Waals surface area contributed by atoms with E-state index in [1.165, 1.54) is 0 Å². The molecule has 1 aliphatic rings. The van der Waals surface area contributed by atoms with Crippen molar-refractivity contribution in [2.75, 3.05) is 27.7 Å². The fourth-order valence-corrected chi connectivity index (χ4v) is 1.60. The highest BCUT2D eigenvalue weighted by atomic mass is 16.4. The van der Waals surface area contributed by atoms with E-state index in [9.17, 15) is 9.90 Å². The quantitative estimate of drug-likeness (QED) is 0.275. The van der Waals surface area contributed by atoms with Crippen LogP contribution in [-0.2, 0) is 4.79 Å². The third-order valence-corrected chi connectivity index (χ3v) is 2.70. The molecular formula is C11H23NO8. The molecule has 120 valence electrons. The van der Waals surface area contributed by atoms with Crippen LogP contribution in [0.1, 0.15) is 0 Å². The normalized spacial score (nSPS) is 37.9. The van der Waals surface area contributed by atoms with Crippen LogP contribution < -0.4 is 5.11 Å². The molecule has 0 unspecified atom stereocenters. The Morgan fingerprint density at radius 1 is 0.800 bits per heavy atom. The monoisotopic (exact) mass is 297 g/mol. The summed E-state index contributed by atoms with van der Waals surface area (Å²) in [7, 11) is 5.40. The van der Waals surface area contributed by atoms with Gasteiger partial charge in [0.15, 0.2) is 0 Å². The highest BCUT2D eigenvalue weighted by Gasteiger charge is 2.47. The number of aliphatic hydroxyl groups is 6. The van der Waals surface area contributed by atoms with Crippen molar-refractivity contribution >= 4 is 5.97 Å². The zero-order valence-electron chi connectivity index (χ0n) is 11.6. The first kappa shape index (κ1) is 19.2. The number of carbonyl (C=O) groups excluding carboxylic acids is 1. The van der Waals surface area contributed by atoms with Crippen LogP contribution in [-0.4, -0.2) is 105 Å². The van der Waals surface area contributed by atoms with Gasteiger partial charge in [-0.3, -0.25) is 0 Å². The van der Waals surface area contributed by atoms with Crippen LogP contribution in [0.15, 0.2) is 0 Å². The van der Waals surface area contributed by atoms with E-state index in [4.69, 9.17) is 30.6 Å². The number of quaternary nitrogens is 1. The summed E-state index contributed by atoms with van der Waals surface area (Å²) in [4.78, 5) is 9.89. The third-order valence-electron chi connectivity index (χ3n) is 2.70. The zero-order chi connectivity index (χ0) is 16.2. The molecular weight excluding hydrogens is 274 g/mol. The first-order chi connectivity index (χ1) is 8.88. The molecule has 0 aromatic rings. The van der Waals surface area contributed by atoms with Gasteiger partial charge in [0.2, 0.25) is 0 Å². The molecule has 0 atom stereocenters. The Kier molecular flexibility index (Phi) is 6.98. The Morgan fingerprint density at radius 2 is 1.00 bits per heavy atom. The van der Waals surface area contributed by atoms with Crippen LogP contribution >= 0.6 is 0 Å². The Balaban J connectivity index is 0.000000396. The number of rotatable bonds is 2. The van der Waals surface area contributed by atoms with Crippen LogP contribution in [0.4, 0.5) is 0 Å². The highest BCUT2D eigenvalue weighted by molar-refractivity contribution is 5.65. The lowest BCUT2D eigenvalue weighted by molar-refractivity contribution is -0.864. The van der Waals surface area contributed by atoms with Gasteiger partial charge in [0.25, 0.3) is 0 Å². The largest absolute Gasteiger partial charge is 0.544 e. The minimum atomic E-state index is -1.64. The second-order valence-electron chi connectivity index (χ2n) is 5.76. The molecule has 0 aromatic carbocycles. The number of carbonyl (C=O) groups is 1. The number of likely N-dealkylation sites (N-methyl/N-ethyl adjacent to an activating group) is 1. The maximum Gasteiger partial charge on any atom is 0.118 e. The van der Waals surface area contributed by atoms with Crippen LogP contribution in [0.25, 0.3) is 0 Å². The zero-order valence-corrected chi connectivity index (χ0v) is 11.6. The second-order valence-corrected chi connectivity index (χ2v) is 5.76. The lowest BCUT2D eigenvalue weighted by Crippen LogP contribution is -2.63. The minimum Gasteiger partial charge on any atom is -0.544 e. The maximum absolute atomic E-state index is 9.89. The average Bonchev–Trinajstić information content (AvgIpc) is 2.29. The first-order valence-electron chi connectivity index (χ1n) is 5.97. The predicted octanol–water partition coefficient (Wildman–Crippen LogP) is -5.39. The summed E-state index contributed by atoms with van der Waals surface area (Å²) in [6.07, 6.45) is -9.84. The van der Waals surface area contributed by atoms with Crippen LogP contribution in [0.3, 0.4) is 0 Å². The van der Waals surface area contributed by atoms with Crippen LogP contribution in [0.5, 0.6) is 0 Å². The number of aliphatic carboxylic acids is 1. The number of nitrogens with zero attached hydrogens (tertiary/aromatic N) is 1. The Bertz CT molecular complexity index is 260. The number of hydrogen-bond acceptors (Lipinski definition) is 8. The van der Waals surface area contributed by atoms with Gasteiger partial charge in [-0.15, -0.1) is 0 Å². The van der Waals surface area contributed by atoms with Gasteiger partial charge >= 0.3 is 0 Å². The van der Waals surface area contributed by atoms with Crippen molar-refractivity contribution in [1.29, 1.82) is 0 Å². The van der Waals surface area contributed by atoms with Crippen molar-refractivity contribution in [3.05, 3.63) is 0 Å². The van der Waals surface area contributed by atoms with Crippen molar-refractivity contribution < 1.29 is 45.0 Å². The van der Waals surface area contributed by atoms with Crippen molar-refractivity contribution in [3.63, 3.8) is 0 Å². The SMILES string of the molecule is C[N+](C)(C)CC(=O)[O-].OC1C(O)C(O)C(O)C(O)C1O. The summed E-state index contributed by atoms with van der Waals surface area (Å²) in [6.45, 7) is 0.0694. The Hall–Kier alpha value is -0.810. The average molecular weight is 297 g/mol. The standard InChI is InChI=1S/C6H12O6.C5H11NO2/c7-1-2(8)4(10)6(12)5(11)3(1)9;1-6(2,3)4-5(7)8/h1-12H;4H2,1-3H3. The van der Waals surface area contributed by atoms with Crippen LogP contribution in [0.2, 0.25) is 0 Å². The summed E-state index contributed by atoms with van der Waals surface area (Å²) >= 11 is 0. The van der Waals surface area contributed by atoms with Gasteiger partial charge in [-0.2, -0.15) is 0 Å². The predicted molar refractivity (Wildman–Crippen MR) is 63.9 cm³/mol. The smallest absolute Gasteiger partial charge is 0.118 e. The van der Waals surface area contributed by atoms with Gasteiger partial charge in [-0.05, 0) is 0 Å². The van der Waals surface area contributed by atoms with Gasteiger partial charge in [0.05, 0.1) is 27.1 Å². The maximum atomic E-state index is 9.89. The molecule has 0 bridgehead atoms. The van der Waals surface area contributed by atoms with Gasteiger partial charge in [-0.1, -0.05) is 0 Å². The van der Waals surface area contributed by atoms with Gasteiger partial charge in [0.1, 0.15) is 43.2 Å². The van der Waals surface area contributed by atoms with E-state index >= 15 is 0 Å². The molecule has 0 spiro atoms. The topological polar surface area (TPSA) is 162 Å². The molecule has 9 heteroatoms. The molecule has 1 saturated carbocycles. The first-order valence-corrected chi connectivity index (χ1v) is 5.97. The number of carboxylic acids is 1. The fourth-order valence-electron chi connectivity index (χ4n) is 1.60. The van der Waals surface area contributed by atoms with Crippen molar-refractivity contribution in [2.24, 2.45) is 0 Å². The van der Waals surface area contributed by atoms with Gasteiger partial charge < -0.3 is 45.0 Å². The molecule has 1 rings (SSSR count). The van der Waals surface area contributed by atoms with Gasteiger partial charge in [-0.25, -0.2) is 0 Å². The molecule has 6 N–H and O–H groups in total. The molecule has 9 nitrogen and oxygen atoms in total.